The van der Waals surface area contributed by atoms with Crippen LogP contribution < -0.4 is 0 Å². The third kappa shape index (κ3) is 2.03. The second-order valence-electron chi connectivity index (χ2n) is 1.89. The highest BCUT2D eigenvalue weighted by molar-refractivity contribution is 5.74. The fourth-order valence-corrected chi connectivity index (χ4v) is 0.395. The van der Waals surface area contributed by atoms with Crippen LogP contribution in [0.3, 0.4) is 0 Å². The first-order chi connectivity index (χ1) is 4.63. The highest BCUT2D eigenvalue weighted by atomic mass is 16.5. The van der Waals surface area contributed by atoms with E-state index in [0.29, 0.717) is 0 Å². The molecule has 56 valence electrons. The lowest BCUT2D eigenvalue weighted by Gasteiger charge is -2.08. The zero-order valence-electron chi connectivity index (χ0n) is 5.87. The number of nitriles is 1. The van der Waals surface area contributed by atoms with Gasteiger partial charge < -0.3 is 9.84 Å². The number of ether oxygens (including phenoxy) is 1. The number of nitrogens with zero attached hydrogens (tertiary/aromatic N) is 1. The minimum Gasteiger partial charge on any atom is -0.467 e. The molecule has 0 aliphatic carbocycles. The van der Waals surface area contributed by atoms with Crippen molar-refractivity contribution in [2.75, 3.05) is 7.11 Å². The number of hydrogen-bond donors (Lipinski definition) is 1. The van der Waals surface area contributed by atoms with Gasteiger partial charge in [0.2, 0.25) is 0 Å². The predicted octanol–water partition coefficient (Wildman–Crippen LogP) is -0.320. The molecule has 10 heavy (non-hydrogen) atoms. The molecule has 0 aliphatic rings. The number of methoxy groups -OCH3 is 1. The highest BCUT2D eigenvalue weighted by Crippen LogP contribution is 2.01. The van der Waals surface area contributed by atoms with Crippen molar-refractivity contribution in [2.45, 2.75) is 13.0 Å². The lowest BCUT2D eigenvalue weighted by Crippen LogP contribution is -2.27. The van der Waals surface area contributed by atoms with Crippen LogP contribution in [0.5, 0.6) is 0 Å². The number of hydrogen-bond acceptors (Lipinski definition) is 4. The first kappa shape index (κ1) is 8.92. The van der Waals surface area contributed by atoms with Crippen LogP contribution in [0.1, 0.15) is 6.92 Å². The van der Waals surface area contributed by atoms with Crippen molar-refractivity contribution in [1.82, 2.24) is 0 Å². The fourth-order valence-electron chi connectivity index (χ4n) is 0.395. The van der Waals surface area contributed by atoms with Gasteiger partial charge in [0.1, 0.15) is 0 Å². The molecule has 0 fully saturated rings. The van der Waals surface area contributed by atoms with E-state index in [4.69, 9.17) is 10.4 Å². The molecule has 2 unspecified atom stereocenters. The summed E-state index contributed by atoms with van der Waals surface area (Å²) in [6.45, 7) is 1.45. The van der Waals surface area contributed by atoms with Crippen molar-refractivity contribution in [3.63, 3.8) is 0 Å². The van der Waals surface area contributed by atoms with Crippen LogP contribution >= 0.6 is 0 Å². The lowest BCUT2D eigenvalue weighted by atomic mass is 10.1. The Bertz CT molecular complexity index is 161. The van der Waals surface area contributed by atoms with Crippen molar-refractivity contribution in [3.05, 3.63) is 0 Å². The monoisotopic (exact) mass is 143 g/mol. The molecule has 4 nitrogen and oxygen atoms in total. The molecule has 0 rings (SSSR count). The van der Waals surface area contributed by atoms with E-state index in [1.54, 1.807) is 6.07 Å². The van der Waals surface area contributed by atoms with Crippen LogP contribution in [0.4, 0.5) is 0 Å². The topological polar surface area (TPSA) is 70.3 Å². The summed E-state index contributed by atoms with van der Waals surface area (Å²) >= 11 is 0. The maximum absolute atomic E-state index is 10.5. The molecule has 0 saturated heterocycles. The van der Waals surface area contributed by atoms with Gasteiger partial charge in [0.05, 0.1) is 19.1 Å². The van der Waals surface area contributed by atoms with Crippen molar-refractivity contribution in [2.24, 2.45) is 5.92 Å². The second-order valence-corrected chi connectivity index (χ2v) is 1.89. The minimum atomic E-state index is -1.32. The zero-order valence-corrected chi connectivity index (χ0v) is 5.87. The molecule has 0 spiro atoms. The quantitative estimate of drug-likeness (QED) is 0.538. The van der Waals surface area contributed by atoms with Crippen LogP contribution in [0.2, 0.25) is 0 Å². The molecule has 0 aliphatic heterocycles. The largest absolute Gasteiger partial charge is 0.467 e. The number of aliphatic hydroxyl groups excluding tert-OH is 1. The van der Waals surface area contributed by atoms with E-state index >= 15 is 0 Å². The Labute approximate surface area is 59.0 Å². The standard InChI is InChI=1S/C6H9NO3/c1-4(3-7)5(8)6(9)10-2/h4-5,8H,1-2H3. The summed E-state index contributed by atoms with van der Waals surface area (Å²) in [6, 6.07) is 1.73. The summed E-state index contributed by atoms with van der Waals surface area (Å²) in [5, 5.41) is 17.1. The number of esters is 1. The molecule has 1 N–H and O–H groups in total. The van der Waals surface area contributed by atoms with Gasteiger partial charge in [-0.15, -0.1) is 0 Å². The molecule has 0 heterocycles. The molecule has 0 amide bonds. The Hall–Kier alpha value is -1.08. The van der Waals surface area contributed by atoms with Gasteiger partial charge in [0.25, 0.3) is 0 Å². The number of carbonyl (C=O) groups is 1. The molecule has 2 atom stereocenters. The molecule has 0 aromatic heterocycles. The van der Waals surface area contributed by atoms with Crippen LogP contribution in [0.25, 0.3) is 0 Å². The van der Waals surface area contributed by atoms with Gasteiger partial charge in [-0.2, -0.15) is 5.26 Å². The van der Waals surface area contributed by atoms with Crippen molar-refractivity contribution >= 4 is 5.97 Å². The Balaban J connectivity index is 3.97. The Morgan fingerprint density at radius 1 is 1.80 bits per heavy atom. The van der Waals surface area contributed by atoms with Gasteiger partial charge in [-0.25, -0.2) is 4.79 Å². The molecule has 0 aromatic carbocycles. The first-order valence-electron chi connectivity index (χ1n) is 2.79. The second kappa shape index (κ2) is 3.85. The van der Waals surface area contributed by atoms with E-state index in [0.717, 1.165) is 7.11 Å². The highest BCUT2D eigenvalue weighted by Gasteiger charge is 2.22. The van der Waals surface area contributed by atoms with E-state index in [-0.39, 0.29) is 0 Å². The number of aliphatic hydroxyl groups is 1. The molecule has 0 bridgehead atoms. The van der Waals surface area contributed by atoms with E-state index in [9.17, 15) is 4.79 Å². The van der Waals surface area contributed by atoms with Gasteiger partial charge in [0.15, 0.2) is 6.10 Å². The molecular formula is C6H9NO3. The maximum Gasteiger partial charge on any atom is 0.336 e. The van der Waals surface area contributed by atoms with Crippen LogP contribution in [-0.4, -0.2) is 24.3 Å². The third-order valence-corrected chi connectivity index (χ3v) is 1.12. The Morgan fingerprint density at radius 2 is 2.30 bits per heavy atom. The Morgan fingerprint density at radius 3 is 2.60 bits per heavy atom. The van der Waals surface area contributed by atoms with Crippen molar-refractivity contribution < 1.29 is 14.6 Å². The fraction of sp³-hybridized carbons (Fsp3) is 0.667. The van der Waals surface area contributed by atoms with Gasteiger partial charge >= 0.3 is 5.97 Å². The smallest absolute Gasteiger partial charge is 0.336 e. The minimum absolute atomic E-state index is 0.715. The van der Waals surface area contributed by atoms with E-state index in [2.05, 4.69) is 4.74 Å². The average molecular weight is 143 g/mol. The van der Waals surface area contributed by atoms with Crippen LogP contribution in [0, 0.1) is 17.2 Å². The average Bonchev–Trinajstić information content (AvgIpc) is 2.00. The van der Waals surface area contributed by atoms with Crippen LogP contribution in [0.15, 0.2) is 0 Å². The summed E-state index contributed by atoms with van der Waals surface area (Å²) in [5.74, 6) is -1.48. The Kier molecular flexibility index (Phi) is 3.44. The molecule has 0 saturated carbocycles. The maximum atomic E-state index is 10.5. The normalized spacial score (nSPS) is 15.0. The van der Waals surface area contributed by atoms with Crippen LogP contribution in [-0.2, 0) is 9.53 Å². The molecular weight excluding hydrogens is 134 g/mol. The summed E-state index contributed by atoms with van der Waals surface area (Å²) in [7, 11) is 1.16. The van der Waals surface area contributed by atoms with Gasteiger partial charge in [-0.1, -0.05) is 0 Å². The van der Waals surface area contributed by atoms with Crippen molar-refractivity contribution in [1.29, 1.82) is 5.26 Å². The van der Waals surface area contributed by atoms with Gasteiger partial charge in [0, 0.05) is 0 Å². The molecule has 0 aromatic rings. The first-order valence-corrected chi connectivity index (χ1v) is 2.79. The van der Waals surface area contributed by atoms with Gasteiger partial charge in [-0.3, -0.25) is 0 Å². The number of rotatable bonds is 2. The summed E-state index contributed by atoms with van der Waals surface area (Å²) in [4.78, 5) is 10.5. The third-order valence-electron chi connectivity index (χ3n) is 1.12. The molecule has 4 heteroatoms. The van der Waals surface area contributed by atoms with E-state index in [1.807, 2.05) is 0 Å². The van der Waals surface area contributed by atoms with E-state index in [1.165, 1.54) is 6.92 Å². The predicted molar refractivity (Wildman–Crippen MR) is 32.8 cm³/mol. The summed E-state index contributed by atoms with van der Waals surface area (Å²) in [6.07, 6.45) is -1.32. The SMILES string of the molecule is COC(=O)C(O)C(C)C#N. The molecule has 0 radical (unpaired) electrons. The zero-order chi connectivity index (χ0) is 8.15. The van der Waals surface area contributed by atoms with Gasteiger partial charge in [-0.05, 0) is 6.92 Å². The van der Waals surface area contributed by atoms with E-state index < -0.39 is 18.0 Å². The number of carbonyl (C=O) groups excluding carboxylic acids is 1. The summed E-state index contributed by atoms with van der Waals surface area (Å²) in [5.41, 5.74) is 0. The lowest BCUT2D eigenvalue weighted by molar-refractivity contribution is -0.151. The van der Waals surface area contributed by atoms with Crippen molar-refractivity contribution in [3.8, 4) is 6.07 Å². The summed E-state index contributed by atoms with van der Waals surface area (Å²) < 4.78 is 4.19.